The van der Waals surface area contributed by atoms with E-state index in [9.17, 15) is 0 Å². The molecule has 0 aliphatic carbocycles. The Morgan fingerprint density at radius 1 is 1.08 bits per heavy atom. The molecule has 0 unspecified atom stereocenters. The molecule has 1 fully saturated rings. The van der Waals surface area contributed by atoms with Gasteiger partial charge in [0, 0.05) is 0 Å². The van der Waals surface area contributed by atoms with Crippen LogP contribution in [0.5, 0.6) is 0 Å². The van der Waals surface area contributed by atoms with Crippen LogP contribution < -0.4 is 15.1 Å². The van der Waals surface area contributed by atoms with Crippen LogP contribution in [0.4, 0.5) is 0 Å². The second-order valence-corrected chi connectivity index (χ2v) is 2.56. The molecule has 1 saturated heterocycles. The van der Waals surface area contributed by atoms with Crippen molar-refractivity contribution in [2.75, 3.05) is 13.1 Å². The van der Waals surface area contributed by atoms with E-state index in [0.29, 0.717) is 0 Å². The molecule has 1 aliphatic heterocycles. The summed E-state index contributed by atoms with van der Waals surface area (Å²) in [6, 6.07) is 0. The quantitative estimate of drug-likeness (QED) is 0.366. The Bertz CT molecular complexity index is 85.9. The zero-order valence-electron chi connectivity index (χ0n) is 6.97. The second kappa shape index (κ2) is 14.8. The van der Waals surface area contributed by atoms with Crippen LogP contribution >= 0.6 is 8.25 Å². The average molecular weight is 223 g/mol. The first kappa shape index (κ1) is 19.0. The zero-order valence-corrected chi connectivity index (χ0v) is 10.2. The van der Waals surface area contributed by atoms with Crippen molar-refractivity contribution < 1.29 is 19.8 Å². The monoisotopic (exact) mass is 223 g/mol. The van der Waals surface area contributed by atoms with Gasteiger partial charge in [-0.3, -0.25) is 0 Å². The Kier molecular flexibility index (Phi) is 23.5. The molecule has 1 rings (SSSR count). The number of piperidine rings is 1. The van der Waals surface area contributed by atoms with Crippen LogP contribution in [0.15, 0.2) is 0 Å². The van der Waals surface area contributed by atoms with Crippen LogP contribution in [0.25, 0.3) is 0 Å². The molecule has 0 bridgehead atoms. The van der Waals surface area contributed by atoms with Crippen molar-refractivity contribution in [1.29, 1.82) is 0 Å². The molecule has 0 atom stereocenters. The molecule has 3 N–H and O–H groups in total. The van der Waals surface area contributed by atoms with Gasteiger partial charge in [-0.15, -0.1) is 0 Å². The van der Waals surface area contributed by atoms with Gasteiger partial charge in [0.25, 0.3) is 0 Å². The minimum atomic E-state index is -3.63. The van der Waals surface area contributed by atoms with Crippen molar-refractivity contribution in [2.24, 2.45) is 0 Å². The summed E-state index contributed by atoms with van der Waals surface area (Å²) in [6.07, 6.45) is 4.22. The average Bonchev–Trinajstić information content (AvgIpc) is 1.90. The van der Waals surface area contributed by atoms with Crippen LogP contribution in [-0.4, -0.2) is 56.3 Å². The summed E-state index contributed by atoms with van der Waals surface area (Å²) >= 11 is 0. The maximum atomic E-state index is 8.52. The Labute approximate surface area is 103 Å². The second-order valence-electron chi connectivity index (χ2n) is 2.06. The third kappa shape index (κ3) is 22.5. The molecule has 0 aromatic carbocycles. The van der Waals surface area contributed by atoms with Gasteiger partial charge >= 0.3 is 37.7 Å². The van der Waals surface area contributed by atoms with E-state index in [4.69, 9.17) is 14.4 Å². The van der Waals surface area contributed by atoms with Gasteiger partial charge in [-0.05, 0) is 25.9 Å². The van der Waals surface area contributed by atoms with Crippen LogP contribution in [0.3, 0.4) is 0 Å². The Hall–Kier alpha value is 1.33. The molecule has 5 nitrogen and oxygen atoms in total. The van der Waals surface area contributed by atoms with Crippen LogP contribution in [-0.2, 0) is 4.57 Å². The third-order valence-corrected chi connectivity index (χ3v) is 1.21. The number of rotatable bonds is 0. The molecular formula is C5H14CaNO4P. The van der Waals surface area contributed by atoms with Crippen molar-refractivity contribution in [3.05, 3.63) is 0 Å². The molecule has 0 spiro atoms. The number of hydrogen-bond donors (Lipinski definition) is 1. The van der Waals surface area contributed by atoms with E-state index in [1.165, 1.54) is 32.4 Å². The molecular weight excluding hydrogens is 209 g/mol. The molecule has 0 amide bonds. The summed E-state index contributed by atoms with van der Waals surface area (Å²) in [5.41, 5.74) is 0. The van der Waals surface area contributed by atoms with Gasteiger partial charge in [0.2, 0.25) is 0 Å². The topological polar surface area (TPSA) is 107 Å². The summed E-state index contributed by atoms with van der Waals surface area (Å²) in [5.74, 6) is 0. The predicted molar refractivity (Wildman–Crippen MR) is 45.1 cm³/mol. The first-order valence-electron chi connectivity index (χ1n) is 3.32. The molecule has 7 heteroatoms. The van der Waals surface area contributed by atoms with E-state index in [1.54, 1.807) is 0 Å². The summed E-state index contributed by atoms with van der Waals surface area (Å²) in [4.78, 5) is 17.0. The third-order valence-electron chi connectivity index (χ3n) is 1.21. The minimum absolute atomic E-state index is 0. The van der Waals surface area contributed by atoms with E-state index in [-0.39, 0.29) is 43.2 Å². The van der Waals surface area contributed by atoms with Gasteiger partial charge in [-0.1, -0.05) is 14.7 Å². The summed E-state index contributed by atoms with van der Waals surface area (Å²) in [5, 5.41) is 3.28. The van der Waals surface area contributed by atoms with Gasteiger partial charge < -0.3 is 25.1 Å². The summed E-state index contributed by atoms with van der Waals surface area (Å²) < 4.78 is 8.52. The standard InChI is InChI=1S/C5H11N.Ca.H3O3P.H2O/c1-2-4-6-5-3-1;;1-4(2)3;/h6H,1-5H2;;4H,(H2,1,2,3);1H2/q;+2;;/p-2. The fourth-order valence-corrected chi connectivity index (χ4v) is 0.802. The molecule has 12 heavy (non-hydrogen) atoms. The van der Waals surface area contributed by atoms with Crippen molar-refractivity contribution in [2.45, 2.75) is 19.3 Å². The molecule has 0 aromatic heterocycles. The largest absolute Gasteiger partial charge is 2.00 e. The zero-order chi connectivity index (χ0) is 7.82. The van der Waals surface area contributed by atoms with Crippen LogP contribution in [0.2, 0.25) is 0 Å². The maximum Gasteiger partial charge on any atom is 2.00 e. The van der Waals surface area contributed by atoms with E-state index in [2.05, 4.69) is 5.32 Å². The predicted octanol–water partition coefficient (Wildman–Crippen LogP) is -2.35. The maximum absolute atomic E-state index is 8.52. The van der Waals surface area contributed by atoms with Crippen molar-refractivity contribution in [1.82, 2.24) is 5.32 Å². The Morgan fingerprint density at radius 3 is 1.50 bits per heavy atom. The van der Waals surface area contributed by atoms with E-state index in [0.717, 1.165) is 0 Å². The van der Waals surface area contributed by atoms with E-state index in [1.807, 2.05) is 0 Å². The van der Waals surface area contributed by atoms with Crippen molar-refractivity contribution in [3.8, 4) is 0 Å². The van der Waals surface area contributed by atoms with E-state index >= 15 is 0 Å². The molecule has 1 aliphatic rings. The number of nitrogens with one attached hydrogen (secondary N) is 1. The minimum Gasteiger partial charge on any atom is -0.813 e. The summed E-state index contributed by atoms with van der Waals surface area (Å²) in [6.45, 7) is 2.50. The fraction of sp³-hybridized carbons (Fsp3) is 1.00. The van der Waals surface area contributed by atoms with E-state index < -0.39 is 8.25 Å². The SMILES string of the molecule is C1CCNCC1.O.O=[PH]([O-])[O-].[Ca+2]. The van der Waals surface area contributed by atoms with Crippen molar-refractivity contribution >= 4 is 46.0 Å². The fourth-order valence-electron chi connectivity index (χ4n) is 0.802. The first-order chi connectivity index (χ1) is 4.73. The van der Waals surface area contributed by atoms with Gasteiger partial charge in [-0.2, -0.15) is 0 Å². The Balaban J connectivity index is -0.000000124. The van der Waals surface area contributed by atoms with Gasteiger partial charge in [0.1, 0.15) is 0 Å². The van der Waals surface area contributed by atoms with Gasteiger partial charge in [0.15, 0.2) is 0 Å². The summed E-state index contributed by atoms with van der Waals surface area (Å²) in [7, 11) is -3.63. The Morgan fingerprint density at radius 2 is 1.42 bits per heavy atom. The normalized spacial score (nSPS) is 14.9. The molecule has 1 heterocycles. The molecule has 0 radical (unpaired) electrons. The molecule has 0 saturated carbocycles. The van der Waals surface area contributed by atoms with Gasteiger partial charge in [0.05, 0.1) is 0 Å². The number of hydrogen-bond acceptors (Lipinski definition) is 4. The molecule has 0 aromatic rings. The van der Waals surface area contributed by atoms with Crippen LogP contribution in [0.1, 0.15) is 19.3 Å². The van der Waals surface area contributed by atoms with Gasteiger partial charge in [-0.25, -0.2) is 0 Å². The first-order valence-corrected chi connectivity index (χ1v) is 4.54. The van der Waals surface area contributed by atoms with Crippen molar-refractivity contribution in [3.63, 3.8) is 0 Å². The van der Waals surface area contributed by atoms with Crippen LogP contribution in [0, 0.1) is 0 Å². The smallest absolute Gasteiger partial charge is 0.813 e. The molecule has 70 valence electrons.